The molecular formula is C10H7N3OS. The first kappa shape index (κ1) is 9.74. The number of hydrogen-bond donors (Lipinski definition) is 0. The molecule has 0 atom stereocenters. The Morgan fingerprint density at radius 3 is 2.93 bits per heavy atom. The normalized spacial score (nSPS) is 9.87. The van der Waals surface area contributed by atoms with Gasteiger partial charge in [0.05, 0.1) is 6.26 Å². The van der Waals surface area contributed by atoms with Gasteiger partial charge >= 0.3 is 0 Å². The van der Waals surface area contributed by atoms with Gasteiger partial charge in [0.1, 0.15) is 28.7 Å². The molecule has 0 saturated heterocycles. The zero-order valence-corrected chi connectivity index (χ0v) is 8.78. The Kier molecular flexibility index (Phi) is 2.70. The molecule has 0 unspecified atom stereocenters. The van der Waals surface area contributed by atoms with Gasteiger partial charge in [-0.3, -0.25) is 0 Å². The Bertz CT molecular complexity index is 502. The average molecular weight is 217 g/mol. The van der Waals surface area contributed by atoms with Crippen molar-refractivity contribution in [1.82, 2.24) is 9.97 Å². The SMILES string of the molecule is CSc1ncnc(-c2ccco2)c1C#N. The lowest BCUT2D eigenvalue weighted by Gasteiger charge is -2.02. The summed E-state index contributed by atoms with van der Waals surface area (Å²) in [4.78, 5) is 8.09. The van der Waals surface area contributed by atoms with E-state index in [1.54, 1.807) is 18.4 Å². The summed E-state index contributed by atoms with van der Waals surface area (Å²) < 4.78 is 5.21. The topological polar surface area (TPSA) is 62.7 Å². The summed E-state index contributed by atoms with van der Waals surface area (Å²) in [6.07, 6.45) is 4.86. The third-order valence-corrected chi connectivity index (χ3v) is 2.57. The zero-order chi connectivity index (χ0) is 10.7. The van der Waals surface area contributed by atoms with Crippen molar-refractivity contribution in [3.63, 3.8) is 0 Å². The van der Waals surface area contributed by atoms with Gasteiger partial charge in [-0.25, -0.2) is 9.97 Å². The number of nitriles is 1. The summed E-state index contributed by atoms with van der Waals surface area (Å²) in [6.45, 7) is 0. The molecule has 15 heavy (non-hydrogen) atoms. The van der Waals surface area contributed by atoms with Crippen LogP contribution in [0.5, 0.6) is 0 Å². The van der Waals surface area contributed by atoms with Crippen LogP contribution in [0.3, 0.4) is 0 Å². The monoisotopic (exact) mass is 217 g/mol. The Balaban J connectivity index is 2.63. The van der Waals surface area contributed by atoms with Crippen molar-refractivity contribution in [2.75, 3.05) is 6.26 Å². The predicted octanol–water partition coefficient (Wildman–Crippen LogP) is 2.33. The van der Waals surface area contributed by atoms with E-state index in [2.05, 4.69) is 16.0 Å². The van der Waals surface area contributed by atoms with Gasteiger partial charge in [-0.1, -0.05) is 0 Å². The molecule has 0 aliphatic heterocycles. The van der Waals surface area contributed by atoms with Crippen LogP contribution in [0, 0.1) is 11.3 Å². The predicted molar refractivity (Wildman–Crippen MR) is 56.2 cm³/mol. The van der Waals surface area contributed by atoms with Crippen LogP contribution >= 0.6 is 11.8 Å². The molecule has 0 saturated carbocycles. The van der Waals surface area contributed by atoms with Crippen LogP contribution < -0.4 is 0 Å². The smallest absolute Gasteiger partial charge is 0.153 e. The second-order valence-electron chi connectivity index (χ2n) is 2.70. The molecular weight excluding hydrogens is 210 g/mol. The number of nitrogens with zero attached hydrogens (tertiary/aromatic N) is 3. The van der Waals surface area contributed by atoms with Crippen LogP contribution in [0.25, 0.3) is 11.5 Å². The standard InChI is InChI=1S/C10H7N3OS/c1-15-10-7(5-11)9(12-6-13-10)8-3-2-4-14-8/h2-4,6H,1H3. The van der Waals surface area contributed by atoms with Crippen LogP contribution in [-0.4, -0.2) is 16.2 Å². The first-order valence-electron chi connectivity index (χ1n) is 4.19. The van der Waals surface area contributed by atoms with Gasteiger partial charge in [-0.05, 0) is 18.4 Å². The molecule has 2 aromatic rings. The zero-order valence-electron chi connectivity index (χ0n) is 7.97. The van der Waals surface area contributed by atoms with Crippen molar-refractivity contribution in [3.05, 3.63) is 30.3 Å². The minimum Gasteiger partial charge on any atom is -0.463 e. The van der Waals surface area contributed by atoms with E-state index in [4.69, 9.17) is 9.68 Å². The van der Waals surface area contributed by atoms with Gasteiger partial charge in [-0.2, -0.15) is 5.26 Å². The molecule has 0 spiro atoms. The highest BCUT2D eigenvalue weighted by atomic mass is 32.2. The highest BCUT2D eigenvalue weighted by Crippen LogP contribution is 2.26. The molecule has 74 valence electrons. The number of furan rings is 1. The van der Waals surface area contributed by atoms with E-state index in [-0.39, 0.29) is 0 Å². The van der Waals surface area contributed by atoms with Crippen LogP contribution in [0.15, 0.2) is 34.2 Å². The van der Waals surface area contributed by atoms with E-state index in [9.17, 15) is 0 Å². The maximum Gasteiger partial charge on any atom is 0.153 e. The van der Waals surface area contributed by atoms with Crippen LogP contribution in [-0.2, 0) is 0 Å². The molecule has 0 radical (unpaired) electrons. The number of thioether (sulfide) groups is 1. The molecule has 2 heterocycles. The van der Waals surface area contributed by atoms with Crippen molar-refractivity contribution < 1.29 is 4.42 Å². The van der Waals surface area contributed by atoms with E-state index in [0.717, 1.165) is 0 Å². The molecule has 0 aliphatic rings. The molecule has 0 N–H and O–H groups in total. The summed E-state index contributed by atoms with van der Waals surface area (Å²) in [5.74, 6) is 0.587. The summed E-state index contributed by atoms with van der Waals surface area (Å²) in [7, 11) is 0. The second kappa shape index (κ2) is 4.15. The maximum atomic E-state index is 9.04. The molecule has 0 aromatic carbocycles. The molecule has 0 fully saturated rings. The lowest BCUT2D eigenvalue weighted by Crippen LogP contribution is -1.93. The first-order valence-corrected chi connectivity index (χ1v) is 5.42. The fourth-order valence-electron chi connectivity index (χ4n) is 1.23. The van der Waals surface area contributed by atoms with E-state index in [1.165, 1.54) is 18.1 Å². The molecule has 2 aromatic heterocycles. The Morgan fingerprint density at radius 2 is 2.33 bits per heavy atom. The quantitative estimate of drug-likeness (QED) is 0.570. The van der Waals surface area contributed by atoms with E-state index in [0.29, 0.717) is 22.0 Å². The third kappa shape index (κ3) is 1.72. The van der Waals surface area contributed by atoms with E-state index < -0.39 is 0 Å². The molecule has 5 heteroatoms. The Hall–Kier alpha value is -1.80. The average Bonchev–Trinajstić information content (AvgIpc) is 2.81. The minimum atomic E-state index is 0.458. The Labute approximate surface area is 91.0 Å². The summed E-state index contributed by atoms with van der Waals surface area (Å²) in [6, 6.07) is 5.63. The van der Waals surface area contributed by atoms with Gasteiger partial charge in [-0.15, -0.1) is 11.8 Å². The Morgan fingerprint density at radius 1 is 1.47 bits per heavy atom. The highest BCUT2D eigenvalue weighted by molar-refractivity contribution is 7.98. The molecule has 2 rings (SSSR count). The fraction of sp³-hybridized carbons (Fsp3) is 0.100. The molecule has 0 amide bonds. The summed E-state index contributed by atoms with van der Waals surface area (Å²) in [5.41, 5.74) is 1.00. The molecule has 0 aliphatic carbocycles. The lowest BCUT2D eigenvalue weighted by atomic mass is 10.2. The van der Waals surface area contributed by atoms with Crippen LogP contribution in [0.4, 0.5) is 0 Å². The fourth-order valence-corrected chi connectivity index (χ4v) is 1.72. The van der Waals surface area contributed by atoms with Gasteiger partial charge in [0, 0.05) is 0 Å². The third-order valence-electron chi connectivity index (χ3n) is 1.87. The minimum absolute atomic E-state index is 0.458. The van der Waals surface area contributed by atoms with Gasteiger partial charge in [0.25, 0.3) is 0 Å². The first-order chi connectivity index (χ1) is 7.36. The number of hydrogen-bond acceptors (Lipinski definition) is 5. The van der Waals surface area contributed by atoms with Crippen molar-refractivity contribution in [2.45, 2.75) is 5.03 Å². The summed E-state index contributed by atoms with van der Waals surface area (Å²) >= 11 is 1.42. The van der Waals surface area contributed by atoms with Crippen LogP contribution in [0.1, 0.15) is 5.56 Å². The van der Waals surface area contributed by atoms with E-state index >= 15 is 0 Å². The highest BCUT2D eigenvalue weighted by Gasteiger charge is 2.13. The van der Waals surface area contributed by atoms with Crippen molar-refractivity contribution >= 4 is 11.8 Å². The van der Waals surface area contributed by atoms with Gasteiger partial charge in [0.15, 0.2) is 5.76 Å². The second-order valence-corrected chi connectivity index (χ2v) is 3.49. The van der Waals surface area contributed by atoms with Crippen LogP contribution in [0.2, 0.25) is 0 Å². The molecule has 4 nitrogen and oxygen atoms in total. The largest absolute Gasteiger partial charge is 0.463 e. The number of aromatic nitrogens is 2. The van der Waals surface area contributed by atoms with Gasteiger partial charge < -0.3 is 4.42 Å². The lowest BCUT2D eigenvalue weighted by molar-refractivity contribution is 0.579. The maximum absolute atomic E-state index is 9.04. The van der Waals surface area contributed by atoms with Crippen molar-refractivity contribution in [3.8, 4) is 17.5 Å². The summed E-state index contributed by atoms with van der Waals surface area (Å²) in [5, 5.41) is 9.71. The molecule has 0 bridgehead atoms. The van der Waals surface area contributed by atoms with Crippen molar-refractivity contribution in [1.29, 1.82) is 5.26 Å². The van der Waals surface area contributed by atoms with Gasteiger partial charge in [0.2, 0.25) is 0 Å². The number of rotatable bonds is 2. The van der Waals surface area contributed by atoms with E-state index in [1.807, 2.05) is 6.26 Å². The van der Waals surface area contributed by atoms with Crippen molar-refractivity contribution in [2.24, 2.45) is 0 Å².